The lowest BCUT2D eigenvalue weighted by Gasteiger charge is -2.21. The molecular weight excluding hydrogens is 290 g/mol. The Morgan fingerprint density at radius 2 is 1.70 bits per heavy atom. The molecule has 4 heteroatoms. The standard InChI is InChI=1S/C19H23NO3/c1-4-18(15-10-12-16(22-3)13-11-15)20-19(21)14(2)23-17-8-6-5-7-9-17/h5-14,18H,4H2,1-3H3,(H,20,21)/t14-,18-/m0/s1. The van der Waals surface area contributed by atoms with E-state index >= 15 is 0 Å². The van der Waals surface area contributed by atoms with E-state index in [2.05, 4.69) is 5.32 Å². The van der Waals surface area contributed by atoms with E-state index < -0.39 is 6.10 Å². The van der Waals surface area contributed by atoms with Gasteiger partial charge in [0.05, 0.1) is 13.2 Å². The molecule has 0 spiro atoms. The van der Waals surface area contributed by atoms with Crippen LogP contribution in [0.1, 0.15) is 31.9 Å². The van der Waals surface area contributed by atoms with Gasteiger partial charge in [-0.3, -0.25) is 4.79 Å². The number of methoxy groups -OCH3 is 1. The molecule has 0 aliphatic carbocycles. The van der Waals surface area contributed by atoms with Crippen LogP contribution in [0.15, 0.2) is 54.6 Å². The van der Waals surface area contributed by atoms with E-state index in [1.165, 1.54) is 0 Å². The highest BCUT2D eigenvalue weighted by molar-refractivity contribution is 5.81. The van der Waals surface area contributed by atoms with Gasteiger partial charge in [0.15, 0.2) is 6.10 Å². The lowest BCUT2D eigenvalue weighted by molar-refractivity contribution is -0.128. The van der Waals surface area contributed by atoms with Crippen LogP contribution in [-0.4, -0.2) is 19.1 Å². The van der Waals surface area contributed by atoms with Gasteiger partial charge in [-0.2, -0.15) is 0 Å². The maximum Gasteiger partial charge on any atom is 0.261 e. The van der Waals surface area contributed by atoms with Crippen LogP contribution in [-0.2, 0) is 4.79 Å². The predicted octanol–water partition coefficient (Wildman–Crippen LogP) is 3.73. The Balaban J connectivity index is 1.98. The number of para-hydroxylation sites is 1. The summed E-state index contributed by atoms with van der Waals surface area (Å²) in [6.07, 6.45) is 0.251. The third kappa shape index (κ3) is 4.74. The molecule has 0 aromatic heterocycles. The fourth-order valence-electron chi connectivity index (χ4n) is 2.30. The van der Waals surface area contributed by atoms with Crippen molar-refractivity contribution in [2.75, 3.05) is 7.11 Å². The minimum absolute atomic E-state index is 0.0461. The molecule has 2 atom stereocenters. The van der Waals surface area contributed by atoms with Crippen molar-refractivity contribution in [3.63, 3.8) is 0 Å². The zero-order valence-electron chi connectivity index (χ0n) is 13.8. The maximum atomic E-state index is 12.4. The Hall–Kier alpha value is -2.49. The highest BCUT2D eigenvalue weighted by atomic mass is 16.5. The summed E-state index contributed by atoms with van der Waals surface area (Å²) in [5.41, 5.74) is 1.05. The molecule has 23 heavy (non-hydrogen) atoms. The summed E-state index contributed by atoms with van der Waals surface area (Å²) in [5.74, 6) is 1.36. The number of nitrogens with one attached hydrogen (secondary N) is 1. The molecule has 0 aliphatic rings. The highest BCUT2D eigenvalue weighted by Crippen LogP contribution is 2.20. The van der Waals surface area contributed by atoms with Gasteiger partial charge in [0.25, 0.3) is 5.91 Å². The first-order valence-corrected chi connectivity index (χ1v) is 7.80. The summed E-state index contributed by atoms with van der Waals surface area (Å²) < 4.78 is 10.8. The van der Waals surface area contributed by atoms with Crippen LogP contribution in [0.4, 0.5) is 0 Å². The van der Waals surface area contributed by atoms with Crippen molar-refractivity contribution in [1.29, 1.82) is 0 Å². The van der Waals surface area contributed by atoms with E-state index in [9.17, 15) is 4.79 Å². The van der Waals surface area contributed by atoms with Crippen molar-refractivity contribution >= 4 is 5.91 Å². The van der Waals surface area contributed by atoms with Gasteiger partial charge in [-0.05, 0) is 43.2 Å². The predicted molar refractivity (Wildman–Crippen MR) is 90.7 cm³/mol. The second-order valence-corrected chi connectivity index (χ2v) is 5.32. The van der Waals surface area contributed by atoms with Crippen molar-refractivity contribution in [2.24, 2.45) is 0 Å². The topological polar surface area (TPSA) is 47.6 Å². The van der Waals surface area contributed by atoms with Gasteiger partial charge in [-0.15, -0.1) is 0 Å². The number of ether oxygens (including phenoxy) is 2. The van der Waals surface area contributed by atoms with Crippen LogP contribution in [0.5, 0.6) is 11.5 Å². The number of rotatable bonds is 7. The minimum Gasteiger partial charge on any atom is -0.497 e. The number of benzene rings is 2. The first-order valence-electron chi connectivity index (χ1n) is 7.80. The summed E-state index contributed by atoms with van der Waals surface area (Å²) in [4.78, 5) is 12.4. The SMILES string of the molecule is CC[C@H](NC(=O)[C@H](C)Oc1ccccc1)c1ccc(OC)cc1. The molecule has 4 nitrogen and oxygen atoms in total. The first-order chi connectivity index (χ1) is 11.1. The molecule has 1 amide bonds. The molecule has 1 N–H and O–H groups in total. The van der Waals surface area contributed by atoms with Crippen molar-refractivity contribution < 1.29 is 14.3 Å². The zero-order chi connectivity index (χ0) is 16.7. The van der Waals surface area contributed by atoms with Crippen LogP contribution in [0.2, 0.25) is 0 Å². The molecule has 0 saturated heterocycles. The Kier molecular flexibility index (Phi) is 6.03. The van der Waals surface area contributed by atoms with Crippen LogP contribution in [0, 0.1) is 0 Å². The van der Waals surface area contributed by atoms with Crippen molar-refractivity contribution in [3.8, 4) is 11.5 Å². The third-order valence-electron chi connectivity index (χ3n) is 3.67. The van der Waals surface area contributed by atoms with Crippen LogP contribution in [0.3, 0.4) is 0 Å². The fraction of sp³-hybridized carbons (Fsp3) is 0.316. The van der Waals surface area contributed by atoms with Gasteiger partial charge < -0.3 is 14.8 Å². The average Bonchev–Trinajstić information content (AvgIpc) is 2.60. The smallest absolute Gasteiger partial charge is 0.261 e. The number of hydrogen-bond acceptors (Lipinski definition) is 3. The molecular formula is C19H23NO3. The summed E-state index contributed by atoms with van der Waals surface area (Å²) >= 11 is 0. The molecule has 0 saturated carbocycles. The van der Waals surface area contributed by atoms with E-state index in [4.69, 9.17) is 9.47 Å². The van der Waals surface area contributed by atoms with Crippen LogP contribution >= 0.6 is 0 Å². The highest BCUT2D eigenvalue weighted by Gasteiger charge is 2.19. The molecule has 0 radical (unpaired) electrons. The first kappa shape index (κ1) is 16.9. The maximum absolute atomic E-state index is 12.4. The lowest BCUT2D eigenvalue weighted by Crippen LogP contribution is -2.38. The second kappa shape index (κ2) is 8.22. The Morgan fingerprint density at radius 3 is 2.26 bits per heavy atom. The fourth-order valence-corrected chi connectivity index (χ4v) is 2.30. The Morgan fingerprint density at radius 1 is 1.04 bits per heavy atom. The monoisotopic (exact) mass is 313 g/mol. The van der Waals surface area contributed by atoms with Gasteiger partial charge in [0.1, 0.15) is 11.5 Å². The van der Waals surface area contributed by atoms with Crippen LogP contribution < -0.4 is 14.8 Å². The summed E-state index contributed by atoms with van der Waals surface area (Å²) in [6, 6.07) is 17.0. The Bertz CT molecular complexity index is 610. The molecule has 122 valence electrons. The molecule has 2 rings (SSSR count). The number of carbonyl (C=O) groups excluding carboxylic acids is 1. The summed E-state index contributed by atoms with van der Waals surface area (Å²) in [6.45, 7) is 3.79. The Labute approximate surface area is 137 Å². The molecule has 0 heterocycles. The molecule has 2 aromatic carbocycles. The van der Waals surface area contributed by atoms with Gasteiger partial charge in [0, 0.05) is 0 Å². The number of amides is 1. The number of carbonyl (C=O) groups is 1. The van der Waals surface area contributed by atoms with E-state index in [0.29, 0.717) is 5.75 Å². The third-order valence-corrected chi connectivity index (χ3v) is 3.67. The zero-order valence-corrected chi connectivity index (χ0v) is 13.8. The quantitative estimate of drug-likeness (QED) is 0.847. The van der Waals surface area contributed by atoms with Gasteiger partial charge in [-0.25, -0.2) is 0 Å². The van der Waals surface area contributed by atoms with E-state index in [-0.39, 0.29) is 11.9 Å². The van der Waals surface area contributed by atoms with E-state index in [1.54, 1.807) is 14.0 Å². The van der Waals surface area contributed by atoms with Gasteiger partial charge >= 0.3 is 0 Å². The van der Waals surface area contributed by atoms with Gasteiger partial charge in [-0.1, -0.05) is 37.3 Å². The normalized spacial score (nSPS) is 13.0. The minimum atomic E-state index is -0.551. The van der Waals surface area contributed by atoms with Crippen LogP contribution in [0.25, 0.3) is 0 Å². The average molecular weight is 313 g/mol. The molecule has 0 unspecified atom stereocenters. The van der Waals surface area contributed by atoms with Crippen molar-refractivity contribution in [1.82, 2.24) is 5.32 Å². The molecule has 0 fully saturated rings. The molecule has 0 bridgehead atoms. The van der Waals surface area contributed by atoms with Gasteiger partial charge in [0.2, 0.25) is 0 Å². The largest absolute Gasteiger partial charge is 0.497 e. The van der Waals surface area contributed by atoms with Crippen molar-refractivity contribution in [3.05, 3.63) is 60.2 Å². The lowest BCUT2D eigenvalue weighted by atomic mass is 10.0. The summed E-state index contributed by atoms with van der Waals surface area (Å²) in [7, 11) is 1.64. The summed E-state index contributed by atoms with van der Waals surface area (Å²) in [5, 5.41) is 3.04. The molecule has 2 aromatic rings. The van der Waals surface area contributed by atoms with E-state index in [1.807, 2.05) is 61.5 Å². The second-order valence-electron chi connectivity index (χ2n) is 5.32. The molecule has 0 aliphatic heterocycles. The van der Waals surface area contributed by atoms with Crippen molar-refractivity contribution in [2.45, 2.75) is 32.4 Å². The number of hydrogen-bond donors (Lipinski definition) is 1. The van der Waals surface area contributed by atoms with E-state index in [0.717, 1.165) is 17.7 Å².